The first-order valence-electron chi connectivity index (χ1n) is 6.45. The molecule has 0 aromatic rings. The van der Waals surface area contributed by atoms with Crippen molar-refractivity contribution in [3.63, 3.8) is 0 Å². The zero-order chi connectivity index (χ0) is 13.1. The monoisotopic (exact) mass is 243 g/mol. The van der Waals surface area contributed by atoms with Crippen molar-refractivity contribution in [2.24, 2.45) is 0 Å². The molecule has 0 atom stereocenters. The Morgan fingerprint density at radius 2 is 1.94 bits per heavy atom. The molecule has 0 aromatic heterocycles. The van der Waals surface area contributed by atoms with Crippen LogP contribution in [0.2, 0.25) is 0 Å². The second-order valence-corrected chi connectivity index (χ2v) is 5.99. The Kier molecular flexibility index (Phi) is 4.42. The van der Waals surface area contributed by atoms with E-state index >= 15 is 0 Å². The second kappa shape index (κ2) is 5.25. The molecule has 1 amide bonds. The summed E-state index contributed by atoms with van der Waals surface area (Å²) >= 11 is 0. The van der Waals surface area contributed by atoms with Gasteiger partial charge in [0.05, 0.1) is 6.10 Å². The van der Waals surface area contributed by atoms with Gasteiger partial charge in [-0.2, -0.15) is 0 Å². The van der Waals surface area contributed by atoms with E-state index in [1.807, 2.05) is 20.8 Å². The Balaban J connectivity index is 2.54. The highest BCUT2D eigenvalue weighted by atomic mass is 16.6. The van der Waals surface area contributed by atoms with Gasteiger partial charge >= 0.3 is 6.09 Å². The van der Waals surface area contributed by atoms with Crippen LogP contribution < -0.4 is 5.32 Å². The molecule has 100 valence electrons. The van der Waals surface area contributed by atoms with Gasteiger partial charge in [-0.05, 0) is 52.9 Å². The number of aliphatic hydroxyl groups excluding tert-OH is 1. The summed E-state index contributed by atoms with van der Waals surface area (Å²) in [6, 6.07) is 0. The summed E-state index contributed by atoms with van der Waals surface area (Å²) in [4.78, 5) is 11.8. The summed E-state index contributed by atoms with van der Waals surface area (Å²) in [6.07, 6.45) is 3.46. The number of nitrogens with one attached hydrogen (secondary N) is 1. The van der Waals surface area contributed by atoms with Gasteiger partial charge in [0.15, 0.2) is 0 Å². The number of aliphatic hydroxyl groups is 1. The minimum Gasteiger partial charge on any atom is -0.444 e. The van der Waals surface area contributed by atoms with Gasteiger partial charge in [0.25, 0.3) is 0 Å². The molecule has 0 aliphatic heterocycles. The van der Waals surface area contributed by atoms with Crippen LogP contribution in [0.5, 0.6) is 0 Å². The van der Waals surface area contributed by atoms with Crippen molar-refractivity contribution in [1.29, 1.82) is 0 Å². The molecule has 0 heterocycles. The van der Waals surface area contributed by atoms with Gasteiger partial charge in [-0.25, -0.2) is 4.79 Å². The van der Waals surface area contributed by atoms with E-state index in [4.69, 9.17) is 4.74 Å². The van der Waals surface area contributed by atoms with Gasteiger partial charge in [-0.1, -0.05) is 6.92 Å². The van der Waals surface area contributed by atoms with Gasteiger partial charge in [0.1, 0.15) is 5.60 Å². The lowest BCUT2D eigenvalue weighted by Crippen LogP contribution is -2.52. The van der Waals surface area contributed by atoms with Crippen molar-refractivity contribution in [2.45, 2.75) is 77.0 Å². The molecule has 17 heavy (non-hydrogen) atoms. The average Bonchev–Trinajstić information content (AvgIpc) is 2.19. The molecule has 0 aromatic carbocycles. The fourth-order valence-electron chi connectivity index (χ4n) is 2.24. The third kappa shape index (κ3) is 4.54. The number of hydrogen-bond acceptors (Lipinski definition) is 3. The minimum absolute atomic E-state index is 0.193. The fraction of sp³-hybridized carbons (Fsp3) is 0.923. The maximum absolute atomic E-state index is 11.8. The molecule has 1 aliphatic carbocycles. The molecule has 0 radical (unpaired) electrons. The molecule has 4 nitrogen and oxygen atoms in total. The van der Waals surface area contributed by atoms with Crippen LogP contribution in [0.15, 0.2) is 0 Å². The summed E-state index contributed by atoms with van der Waals surface area (Å²) in [6.45, 7) is 7.64. The van der Waals surface area contributed by atoms with E-state index in [0.29, 0.717) is 0 Å². The molecule has 0 spiro atoms. The smallest absolute Gasteiger partial charge is 0.408 e. The van der Waals surface area contributed by atoms with Gasteiger partial charge in [-0.3, -0.25) is 0 Å². The highest BCUT2D eigenvalue weighted by molar-refractivity contribution is 5.68. The molecule has 0 bridgehead atoms. The van der Waals surface area contributed by atoms with Crippen LogP contribution >= 0.6 is 0 Å². The summed E-state index contributed by atoms with van der Waals surface area (Å²) in [7, 11) is 0. The third-order valence-electron chi connectivity index (χ3n) is 3.36. The second-order valence-electron chi connectivity index (χ2n) is 5.99. The van der Waals surface area contributed by atoms with Crippen LogP contribution in [0.1, 0.15) is 59.8 Å². The quantitative estimate of drug-likeness (QED) is 0.783. The largest absolute Gasteiger partial charge is 0.444 e. The van der Waals surface area contributed by atoms with E-state index in [1.165, 1.54) is 0 Å². The SMILES string of the molecule is CC[C@]1(NC(=O)OC(C)(C)C)CC[C@H](O)CC1. The van der Waals surface area contributed by atoms with Crippen LogP contribution in [0.4, 0.5) is 4.79 Å². The maximum atomic E-state index is 11.8. The number of alkyl carbamates (subject to hydrolysis) is 1. The summed E-state index contributed by atoms with van der Waals surface area (Å²) in [5, 5.41) is 12.5. The lowest BCUT2D eigenvalue weighted by atomic mass is 9.79. The van der Waals surface area contributed by atoms with Crippen molar-refractivity contribution in [2.75, 3.05) is 0 Å². The number of amides is 1. The predicted molar refractivity (Wildman–Crippen MR) is 66.9 cm³/mol. The van der Waals surface area contributed by atoms with Crippen molar-refractivity contribution < 1.29 is 14.6 Å². The van der Waals surface area contributed by atoms with Gasteiger partial charge in [0, 0.05) is 5.54 Å². The lowest BCUT2D eigenvalue weighted by Gasteiger charge is -2.39. The molecular weight excluding hydrogens is 218 g/mol. The predicted octanol–water partition coefficient (Wildman–Crippen LogP) is 2.59. The Morgan fingerprint density at radius 3 is 2.35 bits per heavy atom. The molecular formula is C13H25NO3. The van der Waals surface area contributed by atoms with Crippen molar-refractivity contribution in [1.82, 2.24) is 5.32 Å². The maximum Gasteiger partial charge on any atom is 0.408 e. The van der Waals surface area contributed by atoms with E-state index in [0.717, 1.165) is 32.1 Å². The van der Waals surface area contributed by atoms with Crippen LogP contribution in [-0.4, -0.2) is 28.4 Å². The summed E-state index contributed by atoms with van der Waals surface area (Å²) in [5.74, 6) is 0. The molecule has 1 rings (SSSR count). The standard InChI is InChI=1S/C13H25NO3/c1-5-13(8-6-10(15)7-9-13)14-11(16)17-12(2,3)4/h10,15H,5-9H2,1-4H3,(H,14,16)/t10-,13-. The lowest BCUT2D eigenvalue weighted by molar-refractivity contribution is 0.0331. The van der Waals surface area contributed by atoms with Crippen LogP contribution in [0.25, 0.3) is 0 Å². The van der Waals surface area contributed by atoms with E-state index < -0.39 is 5.60 Å². The van der Waals surface area contributed by atoms with Crippen molar-refractivity contribution in [3.05, 3.63) is 0 Å². The summed E-state index contributed by atoms with van der Waals surface area (Å²) in [5.41, 5.74) is -0.658. The highest BCUT2D eigenvalue weighted by Gasteiger charge is 2.35. The molecule has 1 saturated carbocycles. The van der Waals surface area contributed by atoms with E-state index in [-0.39, 0.29) is 17.7 Å². The molecule has 2 N–H and O–H groups in total. The van der Waals surface area contributed by atoms with Crippen molar-refractivity contribution >= 4 is 6.09 Å². The number of ether oxygens (including phenoxy) is 1. The Labute approximate surface area is 104 Å². The number of carbonyl (C=O) groups is 1. The topological polar surface area (TPSA) is 58.6 Å². The summed E-state index contributed by atoms with van der Waals surface area (Å²) < 4.78 is 5.28. The molecule has 1 fully saturated rings. The fourth-order valence-corrected chi connectivity index (χ4v) is 2.24. The Hall–Kier alpha value is -0.770. The third-order valence-corrected chi connectivity index (χ3v) is 3.36. The normalized spacial score (nSPS) is 29.8. The van der Waals surface area contributed by atoms with Crippen molar-refractivity contribution in [3.8, 4) is 0 Å². The van der Waals surface area contributed by atoms with E-state index in [9.17, 15) is 9.90 Å². The first-order valence-corrected chi connectivity index (χ1v) is 6.45. The first-order chi connectivity index (χ1) is 7.76. The van der Waals surface area contributed by atoms with Gasteiger partial charge in [0.2, 0.25) is 0 Å². The van der Waals surface area contributed by atoms with Crippen LogP contribution in [0.3, 0.4) is 0 Å². The van der Waals surface area contributed by atoms with E-state index in [1.54, 1.807) is 0 Å². The Morgan fingerprint density at radius 1 is 1.41 bits per heavy atom. The van der Waals surface area contributed by atoms with Gasteiger partial charge in [-0.15, -0.1) is 0 Å². The highest BCUT2D eigenvalue weighted by Crippen LogP contribution is 2.31. The Bertz CT molecular complexity index is 262. The zero-order valence-electron chi connectivity index (χ0n) is 11.4. The molecule has 0 unspecified atom stereocenters. The molecule has 4 heteroatoms. The van der Waals surface area contributed by atoms with E-state index in [2.05, 4.69) is 12.2 Å². The minimum atomic E-state index is -0.465. The first kappa shape index (κ1) is 14.3. The molecule has 0 saturated heterocycles. The number of rotatable bonds is 2. The average molecular weight is 243 g/mol. The number of hydrogen-bond donors (Lipinski definition) is 2. The van der Waals surface area contributed by atoms with Crippen LogP contribution in [-0.2, 0) is 4.74 Å². The zero-order valence-corrected chi connectivity index (χ0v) is 11.4. The molecule has 1 aliphatic rings. The van der Waals surface area contributed by atoms with Gasteiger partial charge < -0.3 is 15.2 Å². The number of carbonyl (C=O) groups excluding carboxylic acids is 1. The van der Waals surface area contributed by atoms with Crippen LogP contribution in [0, 0.1) is 0 Å².